The molecule has 0 saturated carbocycles. The van der Waals surface area contributed by atoms with Crippen molar-refractivity contribution in [1.29, 1.82) is 0 Å². The topological polar surface area (TPSA) is 46.2 Å². The maximum Gasteiger partial charge on any atom is 0.241 e. The molecular weight excluding hydrogens is 330 g/mol. The van der Waals surface area contributed by atoms with E-state index < -0.39 is 16.1 Å². The summed E-state index contributed by atoms with van der Waals surface area (Å²) in [6.07, 6.45) is 2.03. The van der Waals surface area contributed by atoms with Crippen LogP contribution in [0.5, 0.6) is 0 Å². The molecule has 2 rings (SSSR count). The number of hydrogen-bond acceptors (Lipinski definition) is 2. The highest BCUT2D eigenvalue weighted by molar-refractivity contribution is 7.89. The molecule has 0 radical (unpaired) electrons. The Morgan fingerprint density at radius 1 is 0.920 bits per heavy atom. The van der Waals surface area contributed by atoms with Gasteiger partial charge >= 0.3 is 0 Å². The van der Waals surface area contributed by atoms with E-state index in [1.165, 1.54) is 0 Å². The van der Waals surface area contributed by atoms with Crippen LogP contribution in [0.1, 0.15) is 39.3 Å². The van der Waals surface area contributed by atoms with Gasteiger partial charge in [0, 0.05) is 0 Å². The Labute approximate surface area is 151 Å². The molecule has 1 unspecified atom stereocenters. The number of allylic oxidation sites excluding steroid dienone is 3. The van der Waals surface area contributed by atoms with Crippen molar-refractivity contribution in [1.82, 2.24) is 4.72 Å². The van der Waals surface area contributed by atoms with Gasteiger partial charge in [0.2, 0.25) is 10.0 Å². The molecule has 0 bridgehead atoms. The summed E-state index contributed by atoms with van der Waals surface area (Å²) in [6.45, 7) is 8.02. The van der Waals surface area contributed by atoms with Gasteiger partial charge in [-0.1, -0.05) is 60.2 Å². The van der Waals surface area contributed by atoms with Crippen LogP contribution in [0.3, 0.4) is 0 Å². The summed E-state index contributed by atoms with van der Waals surface area (Å²) < 4.78 is 28.5. The summed E-state index contributed by atoms with van der Waals surface area (Å²) in [5, 5.41) is 0. The Hall–Kier alpha value is -2.17. The lowest BCUT2D eigenvalue weighted by molar-refractivity contribution is 0.570. The molecule has 132 valence electrons. The predicted octanol–water partition coefficient (Wildman–Crippen LogP) is 5.01. The number of benzene rings is 2. The molecule has 0 aliphatic carbocycles. The van der Waals surface area contributed by atoms with E-state index in [1.54, 1.807) is 30.3 Å². The standard InChI is InChI=1S/C21H25NO2S/c1-5-16(2)17(3)18(4)21(19-12-8-6-9-13-19)22-25(23,24)20-14-10-7-11-15-20/h5-15,21-22H,1-4H3/b16-5+,18-17+. The molecule has 0 fully saturated rings. The van der Waals surface area contributed by atoms with Gasteiger partial charge in [-0.2, -0.15) is 4.72 Å². The van der Waals surface area contributed by atoms with Gasteiger partial charge in [-0.05, 0) is 56.5 Å². The molecule has 0 amide bonds. The van der Waals surface area contributed by atoms with Crippen molar-refractivity contribution in [3.05, 3.63) is 89.0 Å². The Balaban J connectivity index is 2.51. The van der Waals surface area contributed by atoms with Crippen LogP contribution >= 0.6 is 0 Å². The van der Waals surface area contributed by atoms with E-state index in [-0.39, 0.29) is 4.90 Å². The highest BCUT2D eigenvalue weighted by Gasteiger charge is 2.23. The molecule has 0 aliphatic heterocycles. The van der Waals surface area contributed by atoms with Gasteiger partial charge in [0.1, 0.15) is 0 Å². The minimum Gasteiger partial charge on any atom is -0.207 e. The molecule has 1 N–H and O–H groups in total. The summed E-state index contributed by atoms with van der Waals surface area (Å²) in [5.74, 6) is 0. The zero-order chi connectivity index (χ0) is 18.4. The molecule has 2 aromatic carbocycles. The van der Waals surface area contributed by atoms with Gasteiger partial charge in [-0.25, -0.2) is 8.42 Å². The maximum atomic E-state index is 12.8. The Morgan fingerprint density at radius 3 is 1.96 bits per heavy atom. The van der Waals surface area contributed by atoms with Crippen molar-refractivity contribution in [2.24, 2.45) is 0 Å². The van der Waals surface area contributed by atoms with Crippen LogP contribution < -0.4 is 4.72 Å². The van der Waals surface area contributed by atoms with E-state index in [2.05, 4.69) is 4.72 Å². The zero-order valence-corrected chi connectivity index (χ0v) is 16.0. The molecule has 0 aromatic heterocycles. The monoisotopic (exact) mass is 355 g/mol. The average molecular weight is 356 g/mol. The van der Waals surface area contributed by atoms with Gasteiger partial charge < -0.3 is 0 Å². The molecule has 0 saturated heterocycles. The minimum absolute atomic E-state index is 0.268. The highest BCUT2D eigenvalue weighted by Crippen LogP contribution is 2.28. The van der Waals surface area contributed by atoms with E-state index in [0.29, 0.717) is 0 Å². The van der Waals surface area contributed by atoms with Crippen LogP contribution in [0.2, 0.25) is 0 Å². The van der Waals surface area contributed by atoms with Crippen LogP contribution in [-0.4, -0.2) is 8.42 Å². The van der Waals surface area contributed by atoms with Crippen LogP contribution in [0.25, 0.3) is 0 Å². The summed E-state index contributed by atoms with van der Waals surface area (Å²) in [4.78, 5) is 0.268. The lowest BCUT2D eigenvalue weighted by atomic mass is 9.94. The first kappa shape index (κ1) is 19.2. The third-order valence-electron chi connectivity index (χ3n) is 4.51. The molecule has 25 heavy (non-hydrogen) atoms. The summed E-state index contributed by atoms with van der Waals surface area (Å²) in [6, 6.07) is 17.7. The zero-order valence-electron chi connectivity index (χ0n) is 15.2. The normalized spacial score (nSPS) is 14.8. The molecule has 2 aromatic rings. The van der Waals surface area contributed by atoms with E-state index in [0.717, 1.165) is 22.3 Å². The molecule has 0 heterocycles. The van der Waals surface area contributed by atoms with Crippen molar-refractivity contribution >= 4 is 10.0 Å². The van der Waals surface area contributed by atoms with E-state index in [1.807, 2.05) is 64.1 Å². The second-order valence-corrected chi connectivity index (χ2v) is 7.77. The predicted molar refractivity (Wildman–Crippen MR) is 104 cm³/mol. The first-order valence-corrected chi connectivity index (χ1v) is 9.78. The summed E-state index contributed by atoms with van der Waals surface area (Å²) in [5.41, 5.74) is 4.13. The second kappa shape index (κ2) is 8.28. The fourth-order valence-corrected chi connectivity index (χ4v) is 3.89. The average Bonchev–Trinajstić information content (AvgIpc) is 2.65. The van der Waals surface area contributed by atoms with Crippen LogP contribution in [0, 0.1) is 0 Å². The van der Waals surface area contributed by atoms with Gasteiger partial charge in [0.15, 0.2) is 0 Å². The largest absolute Gasteiger partial charge is 0.241 e. The van der Waals surface area contributed by atoms with E-state index >= 15 is 0 Å². The third-order valence-corrected chi connectivity index (χ3v) is 5.95. The third kappa shape index (κ3) is 4.68. The SMILES string of the molecule is C/C=C(C)/C(C)=C(\C)C(NS(=O)(=O)c1ccccc1)c1ccccc1. The van der Waals surface area contributed by atoms with E-state index in [4.69, 9.17) is 0 Å². The van der Waals surface area contributed by atoms with Crippen molar-refractivity contribution in [3.63, 3.8) is 0 Å². The first-order valence-electron chi connectivity index (χ1n) is 8.29. The van der Waals surface area contributed by atoms with Crippen molar-refractivity contribution < 1.29 is 8.42 Å². The number of sulfonamides is 1. The molecule has 4 heteroatoms. The minimum atomic E-state index is -3.62. The van der Waals surface area contributed by atoms with Crippen molar-refractivity contribution in [2.75, 3.05) is 0 Å². The quantitative estimate of drug-likeness (QED) is 0.741. The number of rotatable bonds is 6. The maximum absolute atomic E-state index is 12.8. The fourth-order valence-electron chi connectivity index (χ4n) is 2.62. The smallest absolute Gasteiger partial charge is 0.207 e. The Kier molecular flexibility index (Phi) is 6.34. The lowest BCUT2D eigenvalue weighted by Crippen LogP contribution is -2.30. The molecule has 0 spiro atoms. The highest BCUT2D eigenvalue weighted by atomic mass is 32.2. The Morgan fingerprint density at radius 2 is 1.44 bits per heavy atom. The van der Waals surface area contributed by atoms with Crippen LogP contribution in [0.4, 0.5) is 0 Å². The summed E-state index contributed by atoms with van der Waals surface area (Å²) in [7, 11) is -3.62. The van der Waals surface area contributed by atoms with Gasteiger partial charge in [0.05, 0.1) is 10.9 Å². The molecule has 1 atom stereocenters. The lowest BCUT2D eigenvalue weighted by Gasteiger charge is -2.23. The molecular formula is C21H25NO2S. The second-order valence-electron chi connectivity index (χ2n) is 6.06. The van der Waals surface area contributed by atoms with Crippen molar-refractivity contribution in [3.8, 4) is 0 Å². The number of nitrogens with one attached hydrogen (secondary N) is 1. The fraction of sp³-hybridized carbons (Fsp3) is 0.238. The molecule has 0 aliphatic rings. The van der Waals surface area contributed by atoms with Crippen LogP contribution in [0.15, 0.2) is 88.4 Å². The van der Waals surface area contributed by atoms with Gasteiger partial charge in [-0.3, -0.25) is 0 Å². The van der Waals surface area contributed by atoms with E-state index in [9.17, 15) is 8.42 Å². The van der Waals surface area contributed by atoms with Gasteiger partial charge in [0.25, 0.3) is 0 Å². The molecule has 3 nitrogen and oxygen atoms in total. The van der Waals surface area contributed by atoms with Crippen LogP contribution in [-0.2, 0) is 10.0 Å². The first-order chi connectivity index (χ1) is 11.9. The van der Waals surface area contributed by atoms with Crippen molar-refractivity contribution in [2.45, 2.75) is 38.6 Å². The number of hydrogen-bond donors (Lipinski definition) is 1. The van der Waals surface area contributed by atoms with Gasteiger partial charge in [-0.15, -0.1) is 0 Å². The Bertz CT molecular complexity index is 867. The summed E-state index contributed by atoms with van der Waals surface area (Å²) >= 11 is 0.